The van der Waals surface area contributed by atoms with Crippen LogP contribution in [0.4, 0.5) is 0 Å². The van der Waals surface area contributed by atoms with Crippen molar-refractivity contribution in [3.8, 4) is 0 Å². The van der Waals surface area contributed by atoms with Crippen molar-refractivity contribution in [2.45, 2.75) is 45.2 Å². The molecule has 0 aliphatic carbocycles. The molecule has 0 aliphatic rings. The number of rotatable bonds is 8. The molecule has 21 heavy (non-hydrogen) atoms. The predicted molar refractivity (Wildman–Crippen MR) is 83.6 cm³/mol. The zero-order valence-corrected chi connectivity index (χ0v) is 12.8. The molecular weight excluding hydrogens is 266 g/mol. The van der Waals surface area contributed by atoms with Crippen molar-refractivity contribution in [3.63, 3.8) is 0 Å². The summed E-state index contributed by atoms with van der Waals surface area (Å²) in [7, 11) is 0. The summed E-state index contributed by atoms with van der Waals surface area (Å²) in [5.74, 6) is -0.281. The molecular formula is C16H25N3O2. The molecule has 1 rings (SSSR count). The Bertz CT molecular complexity index is 448. The minimum Gasteiger partial charge on any atom is -0.354 e. The monoisotopic (exact) mass is 291 g/mol. The number of nitrogens with one attached hydrogen (secondary N) is 2. The average Bonchev–Trinajstić information content (AvgIpc) is 2.47. The molecule has 2 unspecified atom stereocenters. The van der Waals surface area contributed by atoms with Gasteiger partial charge >= 0.3 is 0 Å². The van der Waals surface area contributed by atoms with Crippen LogP contribution in [0.5, 0.6) is 0 Å². The first-order chi connectivity index (χ1) is 10.0. The first kappa shape index (κ1) is 17.2. The molecule has 1 aromatic rings. The minimum absolute atomic E-state index is 0.0544. The molecule has 0 saturated carbocycles. The molecule has 4 N–H and O–H groups in total. The Morgan fingerprint density at radius 1 is 1.24 bits per heavy atom. The van der Waals surface area contributed by atoms with Gasteiger partial charge in [-0.3, -0.25) is 9.59 Å². The molecule has 0 bridgehead atoms. The smallest absolute Gasteiger partial charge is 0.237 e. The van der Waals surface area contributed by atoms with Crippen LogP contribution >= 0.6 is 0 Å². The topological polar surface area (TPSA) is 84.2 Å². The van der Waals surface area contributed by atoms with Gasteiger partial charge in [0.2, 0.25) is 11.8 Å². The average molecular weight is 291 g/mol. The molecule has 0 fully saturated rings. The number of carbonyl (C=O) groups excluding carboxylic acids is 2. The van der Waals surface area contributed by atoms with E-state index >= 15 is 0 Å². The number of hydrogen-bond donors (Lipinski definition) is 3. The van der Waals surface area contributed by atoms with E-state index < -0.39 is 6.04 Å². The van der Waals surface area contributed by atoms with Gasteiger partial charge in [0.15, 0.2) is 0 Å². The summed E-state index contributed by atoms with van der Waals surface area (Å²) in [5, 5.41) is 5.55. The first-order valence-corrected chi connectivity index (χ1v) is 7.39. The summed E-state index contributed by atoms with van der Waals surface area (Å²) < 4.78 is 0. The van der Waals surface area contributed by atoms with Gasteiger partial charge in [-0.25, -0.2) is 0 Å². The van der Waals surface area contributed by atoms with Crippen molar-refractivity contribution in [1.29, 1.82) is 0 Å². The van der Waals surface area contributed by atoms with Crippen molar-refractivity contribution >= 4 is 11.8 Å². The molecule has 5 nitrogen and oxygen atoms in total. The second-order valence-corrected chi connectivity index (χ2v) is 5.21. The highest BCUT2D eigenvalue weighted by Crippen LogP contribution is 2.01. The quantitative estimate of drug-likeness (QED) is 0.667. The van der Waals surface area contributed by atoms with Crippen molar-refractivity contribution < 1.29 is 9.59 Å². The van der Waals surface area contributed by atoms with E-state index in [-0.39, 0.29) is 24.3 Å². The number of amides is 2. The van der Waals surface area contributed by atoms with Crippen LogP contribution < -0.4 is 16.4 Å². The van der Waals surface area contributed by atoms with Gasteiger partial charge in [-0.15, -0.1) is 0 Å². The molecule has 1 aromatic carbocycles. The highest BCUT2D eigenvalue weighted by atomic mass is 16.2. The molecule has 0 aliphatic heterocycles. The molecule has 2 atom stereocenters. The van der Waals surface area contributed by atoms with Crippen LogP contribution in [-0.2, 0) is 16.0 Å². The zero-order chi connectivity index (χ0) is 15.7. The SMILES string of the molecule is CCC(C)NC(=O)CCNC(=O)C(N)Cc1ccccc1. The molecule has 116 valence electrons. The fourth-order valence-corrected chi connectivity index (χ4v) is 1.84. The first-order valence-electron chi connectivity index (χ1n) is 7.39. The van der Waals surface area contributed by atoms with Gasteiger partial charge in [0.1, 0.15) is 0 Å². The lowest BCUT2D eigenvalue weighted by Crippen LogP contribution is -2.43. The summed E-state index contributed by atoms with van der Waals surface area (Å²) >= 11 is 0. The maximum Gasteiger partial charge on any atom is 0.237 e. The van der Waals surface area contributed by atoms with Gasteiger partial charge in [-0.05, 0) is 25.3 Å². The third kappa shape index (κ3) is 6.90. The van der Waals surface area contributed by atoms with E-state index in [9.17, 15) is 9.59 Å². The van der Waals surface area contributed by atoms with E-state index in [4.69, 9.17) is 5.73 Å². The van der Waals surface area contributed by atoms with Gasteiger partial charge in [-0.2, -0.15) is 0 Å². The van der Waals surface area contributed by atoms with E-state index in [1.807, 2.05) is 44.2 Å². The maximum atomic E-state index is 11.8. The molecule has 0 aromatic heterocycles. The summed E-state index contributed by atoms with van der Waals surface area (Å²) in [6.07, 6.45) is 1.65. The highest BCUT2D eigenvalue weighted by molar-refractivity contribution is 5.82. The van der Waals surface area contributed by atoms with E-state index in [0.29, 0.717) is 13.0 Å². The Morgan fingerprint density at radius 3 is 2.52 bits per heavy atom. The zero-order valence-electron chi connectivity index (χ0n) is 12.8. The van der Waals surface area contributed by atoms with Crippen LogP contribution in [0.25, 0.3) is 0 Å². The molecule has 2 amide bonds. The second kappa shape index (κ2) is 9.13. The number of carbonyl (C=O) groups is 2. The van der Waals surface area contributed by atoms with Crippen LogP contribution in [-0.4, -0.2) is 30.4 Å². The van der Waals surface area contributed by atoms with E-state index in [1.54, 1.807) is 0 Å². The fourth-order valence-electron chi connectivity index (χ4n) is 1.84. The fraction of sp³-hybridized carbons (Fsp3) is 0.500. The van der Waals surface area contributed by atoms with Crippen LogP contribution in [0.15, 0.2) is 30.3 Å². The van der Waals surface area contributed by atoms with Crippen molar-refractivity contribution in [1.82, 2.24) is 10.6 Å². The number of nitrogens with two attached hydrogens (primary N) is 1. The van der Waals surface area contributed by atoms with Crippen LogP contribution in [0.2, 0.25) is 0 Å². The third-order valence-corrected chi connectivity index (χ3v) is 3.31. The Balaban J connectivity index is 2.25. The predicted octanol–water partition coefficient (Wildman–Crippen LogP) is 0.977. The largest absolute Gasteiger partial charge is 0.354 e. The number of benzene rings is 1. The Labute approximate surface area is 126 Å². The van der Waals surface area contributed by atoms with Gasteiger partial charge in [-0.1, -0.05) is 37.3 Å². The van der Waals surface area contributed by atoms with Crippen molar-refractivity contribution in [2.75, 3.05) is 6.54 Å². The van der Waals surface area contributed by atoms with E-state index in [0.717, 1.165) is 12.0 Å². The van der Waals surface area contributed by atoms with E-state index in [2.05, 4.69) is 10.6 Å². The van der Waals surface area contributed by atoms with Crippen molar-refractivity contribution in [2.24, 2.45) is 5.73 Å². The summed E-state index contributed by atoms with van der Waals surface area (Å²) in [6, 6.07) is 9.20. The normalized spacial score (nSPS) is 13.3. The lowest BCUT2D eigenvalue weighted by molar-refractivity contribution is -0.123. The second-order valence-electron chi connectivity index (χ2n) is 5.21. The van der Waals surface area contributed by atoms with Crippen LogP contribution in [0, 0.1) is 0 Å². The molecule has 0 radical (unpaired) electrons. The van der Waals surface area contributed by atoms with Gasteiger partial charge in [0, 0.05) is 19.0 Å². The lowest BCUT2D eigenvalue weighted by atomic mass is 10.1. The molecule has 5 heteroatoms. The standard InChI is InChI=1S/C16H25N3O2/c1-3-12(2)19-15(20)9-10-18-16(21)14(17)11-13-7-5-4-6-8-13/h4-8,12,14H,3,9-11,17H2,1-2H3,(H,18,21)(H,19,20). The Kier molecular flexibility index (Phi) is 7.46. The van der Waals surface area contributed by atoms with Gasteiger partial charge in [0.25, 0.3) is 0 Å². The van der Waals surface area contributed by atoms with Gasteiger partial charge < -0.3 is 16.4 Å². The summed E-state index contributed by atoms with van der Waals surface area (Å²) in [6.45, 7) is 4.27. The lowest BCUT2D eigenvalue weighted by Gasteiger charge is -2.14. The highest BCUT2D eigenvalue weighted by Gasteiger charge is 2.14. The molecule has 0 spiro atoms. The van der Waals surface area contributed by atoms with Crippen LogP contribution in [0.1, 0.15) is 32.3 Å². The van der Waals surface area contributed by atoms with Gasteiger partial charge in [0.05, 0.1) is 6.04 Å². The minimum atomic E-state index is -0.593. The maximum absolute atomic E-state index is 11.8. The Hall–Kier alpha value is -1.88. The summed E-state index contributed by atoms with van der Waals surface area (Å²) in [4.78, 5) is 23.4. The Morgan fingerprint density at radius 2 is 1.90 bits per heavy atom. The number of hydrogen-bond acceptors (Lipinski definition) is 3. The third-order valence-electron chi connectivity index (χ3n) is 3.31. The molecule has 0 heterocycles. The van der Waals surface area contributed by atoms with E-state index in [1.165, 1.54) is 0 Å². The van der Waals surface area contributed by atoms with Crippen LogP contribution in [0.3, 0.4) is 0 Å². The molecule has 0 saturated heterocycles. The van der Waals surface area contributed by atoms with Crippen molar-refractivity contribution in [3.05, 3.63) is 35.9 Å². The summed E-state index contributed by atoms with van der Waals surface area (Å²) in [5.41, 5.74) is 6.88.